The van der Waals surface area contributed by atoms with E-state index in [4.69, 9.17) is 0 Å². The number of rotatable bonds is 5. The highest BCUT2D eigenvalue weighted by atomic mass is 19.1. The zero-order chi connectivity index (χ0) is 22.0. The lowest BCUT2D eigenvalue weighted by Gasteiger charge is -2.12. The van der Waals surface area contributed by atoms with Crippen LogP contribution in [0.4, 0.5) is 8.78 Å². The van der Waals surface area contributed by atoms with E-state index in [1.807, 2.05) is 30.3 Å². The Balaban J connectivity index is 1.65. The lowest BCUT2D eigenvalue weighted by atomic mass is 10.1. The summed E-state index contributed by atoms with van der Waals surface area (Å²) in [6.45, 7) is 0.140. The average Bonchev–Trinajstić information content (AvgIpc) is 2.76. The van der Waals surface area contributed by atoms with Gasteiger partial charge in [0.25, 0.3) is 11.5 Å². The molecule has 31 heavy (non-hydrogen) atoms. The lowest BCUT2D eigenvalue weighted by Crippen LogP contribution is -2.31. The van der Waals surface area contributed by atoms with Gasteiger partial charge in [-0.2, -0.15) is 0 Å². The van der Waals surface area contributed by atoms with Crippen LogP contribution in [0.1, 0.15) is 21.5 Å². The van der Waals surface area contributed by atoms with Crippen LogP contribution < -0.4 is 16.6 Å². The molecule has 3 aromatic carbocycles. The lowest BCUT2D eigenvalue weighted by molar-refractivity contribution is 0.0946. The maximum absolute atomic E-state index is 14.3. The zero-order valence-electron chi connectivity index (χ0n) is 16.2. The van der Waals surface area contributed by atoms with Crippen LogP contribution in [-0.4, -0.2) is 15.5 Å². The van der Waals surface area contributed by atoms with Crippen LogP contribution in [0.5, 0.6) is 0 Å². The Labute approximate surface area is 174 Å². The number of nitrogens with one attached hydrogen (secondary N) is 2. The zero-order valence-corrected chi connectivity index (χ0v) is 16.2. The monoisotopic (exact) mass is 421 g/mol. The van der Waals surface area contributed by atoms with Crippen molar-refractivity contribution in [3.8, 4) is 0 Å². The molecule has 0 fully saturated rings. The van der Waals surface area contributed by atoms with Gasteiger partial charge in [-0.05, 0) is 35.4 Å². The molecule has 1 heterocycles. The molecule has 156 valence electrons. The summed E-state index contributed by atoms with van der Waals surface area (Å²) in [6, 6.07) is 17.0. The van der Waals surface area contributed by atoms with Crippen molar-refractivity contribution in [2.45, 2.75) is 13.1 Å². The number of amides is 1. The van der Waals surface area contributed by atoms with Crippen LogP contribution in [-0.2, 0) is 13.1 Å². The molecule has 0 aliphatic carbocycles. The largest absolute Gasteiger partial charge is 0.348 e. The van der Waals surface area contributed by atoms with Gasteiger partial charge in [-0.1, -0.05) is 42.5 Å². The van der Waals surface area contributed by atoms with Gasteiger partial charge in [0.05, 0.1) is 23.0 Å². The number of halogens is 2. The van der Waals surface area contributed by atoms with Crippen molar-refractivity contribution in [1.29, 1.82) is 0 Å². The smallest absolute Gasteiger partial charge is 0.329 e. The minimum Gasteiger partial charge on any atom is -0.348 e. The van der Waals surface area contributed by atoms with Gasteiger partial charge in [0, 0.05) is 6.54 Å². The summed E-state index contributed by atoms with van der Waals surface area (Å²) < 4.78 is 29.6. The molecule has 0 atom stereocenters. The van der Waals surface area contributed by atoms with Crippen LogP contribution in [0.25, 0.3) is 10.9 Å². The predicted molar refractivity (Wildman–Crippen MR) is 112 cm³/mol. The average molecular weight is 421 g/mol. The summed E-state index contributed by atoms with van der Waals surface area (Å²) in [4.78, 5) is 38.9. The van der Waals surface area contributed by atoms with E-state index in [0.717, 1.165) is 17.7 Å². The number of aromatic amines is 1. The molecular formula is C23H17F2N3O3. The molecule has 0 unspecified atom stereocenters. The molecule has 4 aromatic rings. The van der Waals surface area contributed by atoms with Crippen molar-refractivity contribution < 1.29 is 13.6 Å². The van der Waals surface area contributed by atoms with Gasteiger partial charge in [0.1, 0.15) is 11.6 Å². The molecule has 4 rings (SSSR count). The van der Waals surface area contributed by atoms with Crippen molar-refractivity contribution in [1.82, 2.24) is 14.9 Å². The maximum Gasteiger partial charge on any atom is 0.329 e. The second-order valence-electron chi connectivity index (χ2n) is 6.96. The van der Waals surface area contributed by atoms with Crippen LogP contribution in [0.15, 0.2) is 76.3 Å². The van der Waals surface area contributed by atoms with Crippen LogP contribution in [0.3, 0.4) is 0 Å². The normalized spacial score (nSPS) is 10.9. The van der Waals surface area contributed by atoms with Gasteiger partial charge in [0.15, 0.2) is 0 Å². The van der Waals surface area contributed by atoms with Crippen molar-refractivity contribution in [3.05, 3.63) is 116 Å². The van der Waals surface area contributed by atoms with E-state index in [2.05, 4.69) is 10.3 Å². The highest BCUT2D eigenvalue weighted by Gasteiger charge is 2.15. The molecule has 2 N–H and O–H groups in total. The number of aromatic nitrogens is 2. The minimum atomic E-state index is -0.825. The molecule has 0 saturated heterocycles. The third kappa shape index (κ3) is 4.13. The fourth-order valence-corrected chi connectivity index (χ4v) is 3.36. The van der Waals surface area contributed by atoms with Gasteiger partial charge < -0.3 is 5.32 Å². The first-order valence-corrected chi connectivity index (χ1v) is 9.46. The number of benzene rings is 3. The third-order valence-corrected chi connectivity index (χ3v) is 4.89. The van der Waals surface area contributed by atoms with Crippen molar-refractivity contribution in [3.63, 3.8) is 0 Å². The molecular weight excluding hydrogens is 404 g/mol. The molecule has 0 radical (unpaired) electrons. The Morgan fingerprint density at radius 2 is 1.68 bits per heavy atom. The molecule has 0 aliphatic heterocycles. The summed E-state index contributed by atoms with van der Waals surface area (Å²) in [5, 5.41) is 2.41. The van der Waals surface area contributed by atoms with Crippen LogP contribution >= 0.6 is 0 Å². The van der Waals surface area contributed by atoms with E-state index in [1.54, 1.807) is 0 Å². The number of carbonyl (C=O) groups excluding carboxylic acids is 1. The van der Waals surface area contributed by atoms with Crippen molar-refractivity contribution >= 4 is 16.8 Å². The number of H-pyrrole nitrogens is 1. The van der Waals surface area contributed by atoms with E-state index in [9.17, 15) is 23.2 Å². The topological polar surface area (TPSA) is 84.0 Å². The number of carbonyl (C=O) groups is 1. The Hall–Kier alpha value is -4.07. The molecule has 6 nitrogen and oxygen atoms in total. The molecule has 1 amide bonds. The van der Waals surface area contributed by atoms with Gasteiger partial charge >= 0.3 is 5.69 Å². The molecule has 0 aliphatic rings. The van der Waals surface area contributed by atoms with E-state index >= 15 is 0 Å². The second-order valence-corrected chi connectivity index (χ2v) is 6.96. The Kier molecular flexibility index (Phi) is 5.44. The highest BCUT2D eigenvalue weighted by Crippen LogP contribution is 2.16. The summed E-state index contributed by atoms with van der Waals surface area (Å²) in [7, 11) is 0. The summed E-state index contributed by atoms with van der Waals surface area (Å²) in [5.41, 5.74) is -0.335. The minimum absolute atomic E-state index is 0.0885. The number of hydrogen-bond acceptors (Lipinski definition) is 3. The SMILES string of the molecule is O=C(NCc1ccccc1)c1cc(Cn2c(=O)[nH]c(=O)c3c(F)cccc32)ccc1F. The third-order valence-electron chi connectivity index (χ3n) is 4.89. The fourth-order valence-electron chi connectivity index (χ4n) is 3.36. The molecule has 8 heteroatoms. The standard InChI is InChI=1S/C23H17F2N3O3/c24-17-10-9-15(11-16(17)21(29)26-12-14-5-2-1-3-6-14)13-28-19-8-4-7-18(25)20(19)22(30)27-23(28)31/h1-11H,12-13H2,(H,26,29)(H,27,30,31). The van der Waals surface area contributed by atoms with Gasteiger partial charge in [0.2, 0.25) is 0 Å². The Morgan fingerprint density at radius 1 is 0.903 bits per heavy atom. The predicted octanol–water partition coefficient (Wildman–Crippen LogP) is 2.95. The maximum atomic E-state index is 14.3. The van der Waals surface area contributed by atoms with E-state index in [-0.39, 0.29) is 29.6 Å². The van der Waals surface area contributed by atoms with E-state index in [1.165, 1.54) is 28.8 Å². The highest BCUT2D eigenvalue weighted by molar-refractivity contribution is 5.94. The van der Waals surface area contributed by atoms with Crippen molar-refractivity contribution in [2.75, 3.05) is 0 Å². The summed E-state index contributed by atoms with van der Waals surface area (Å²) in [5.74, 6) is -2.07. The first-order chi connectivity index (χ1) is 14.9. The molecule has 1 aromatic heterocycles. The fraction of sp³-hybridized carbons (Fsp3) is 0.0870. The van der Waals surface area contributed by atoms with Crippen LogP contribution in [0, 0.1) is 11.6 Å². The Bertz CT molecular complexity index is 1400. The second kappa shape index (κ2) is 8.35. The van der Waals surface area contributed by atoms with Gasteiger partial charge in [-0.25, -0.2) is 13.6 Å². The quantitative estimate of drug-likeness (QED) is 0.520. The van der Waals surface area contributed by atoms with Crippen molar-refractivity contribution in [2.24, 2.45) is 0 Å². The van der Waals surface area contributed by atoms with Gasteiger partial charge in [-0.3, -0.25) is 19.1 Å². The number of hydrogen-bond donors (Lipinski definition) is 2. The van der Waals surface area contributed by atoms with Crippen LogP contribution in [0.2, 0.25) is 0 Å². The van der Waals surface area contributed by atoms with E-state index < -0.39 is 28.8 Å². The Morgan fingerprint density at radius 3 is 2.45 bits per heavy atom. The first kappa shape index (κ1) is 20.2. The molecule has 0 bridgehead atoms. The summed E-state index contributed by atoms with van der Waals surface area (Å²) in [6.07, 6.45) is 0. The van der Waals surface area contributed by atoms with E-state index in [0.29, 0.717) is 5.56 Å². The number of fused-ring (bicyclic) bond motifs is 1. The molecule has 0 saturated carbocycles. The molecule has 0 spiro atoms. The number of nitrogens with zero attached hydrogens (tertiary/aromatic N) is 1. The first-order valence-electron chi connectivity index (χ1n) is 9.46. The van der Waals surface area contributed by atoms with Gasteiger partial charge in [-0.15, -0.1) is 0 Å². The summed E-state index contributed by atoms with van der Waals surface area (Å²) >= 11 is 0.